The Balaban J connectivity index is 3.05. The molecule has 0 spiro atoms. The maximum atomic E-state index is 9.22. The minimum Gasteiger partial charge on any atom is -0.450 e. The number of carboxylic acid groups (broad SMARTS) is 1. The van der Waals surface area contributed by atoms with Crippen LogP contribution in [-0.2, 0) is 9.09 Å². The Hall–Kier alpha value is -0.500. The van der Waals surface area contributed by atoms with Crippen molar-refractivity contribution in [3.8, 4) is 0 Å². The second-order valence-corrected chi connectivity index (χ2v) is 0.908. The van der Waals surface area contributed by atoms with Crippen molar-refractivity contribution in [1.29, 1.82) is 0 Å². The molecule has 0 aromatic rings. The third-order valence-electron chi connectivity index (χ3n) is 0.149. The highest BCUT2D eigenvalue weighted by molar-refractivity contribution is 7.18. The molecule has 1 atom stereocenters. The van der Waals surface area contributed by atoms with Gasteiger partial charge < -0.3 is 9.63 Å². The van der Waals surface area contributed by atoms with Crippen LogP contribution in [0.15, 0.2) is 0 Å². The molecule has 0 radical (unpaired) electrons. The minimum absolute atomic E-state index is 1.49. The summed E-state index contributed by atoms with van der Waals surface area (Å²) in [6, 6.07) is 0. The van der Waals surface area contributed by atoms with Crippen molar-refractivity contribution in [3.63, 3.8) is 0 Å². The fraction of sp³-hybridized carbons (Fsp3) is 0. The number of carbonyl (C=O) groups is 1. The molecule has 0 amide bonds. The molecule has 0 saturated heterocycles. The molecular weight excluding hydrogens is 107 g/mol. The predicted molar refractivity (Wildman–Crippen MR) is 19.5 cm³/mol. The quantitative estimate of drug-likeness (QED) is 0.494. The number of hydrogen-bond acceptors (Lipinski definition) is 3. The zero-order valence-electron chi connectivity index (χ0n) is 2.75. The summed E-state index contributed by atoms with van der Waals surface area (Å²) < 4.78 is 12.7. The van der Waals surface area contributed by atoms with E-state index in [1.54, 1.807) is 0 Å². The van der Waals surface area contributed by atoms with E-state index in [1.807, 2.05) is 0 Å². The van der Waals surface area contributed by atoms with Gasteiger partial charge >= 0.3 is 6.16 Å². The average molecular weight is 110 g/mol. The van der Waals surface area contributed by atoms with Crippen LogP contribution in [0.1, 0.15) is 0 Å². The van der Waals surface area contributed by atoms with Crippen molar-refractivity contribution in [3.05, 3.63) is 0 Å². The molecule has 0 heterocycles. The van der Waals surface area contributed by atoms with Crippen LogP contribution in [0.2, 0.25) is 0 Å². The van der Waals surface area contributed by atoms with E-state index in [9.17, 15) is 9.36 Å². The zero-order valence-corrected chi connectivity index (χ0v) is 3.90. The first-order chi connectivity index (χ1) is 2.77. The van der Waals surface area contributed by atoms with Crippen LogP contribution in [-0.4, -0.2) is 11.3 Å². The van der Waals surface area contributed by atoms with Gasteiger partial charge in [-0.1, -0.05) is 0 Å². The Labute approximate surface area is 35.0 Å². The lowest BCUT2D eigenvalue weighted by Gasteiger charge is -1.79. The lowest BCUT2D eigenvalue weighted by atomic mass is 11.5. The predicted octanol–water partition coefficient (Wildman–Crippen LogP) is 0.352. The Morgan fingerprint density at radius 1 is 1.83 bits per heavy atom. The third-order valence-corrected chi connectivity index (χ3v) is 0.447. The number of rotatable bonds is 1. The fourth-order valence-corrected chi connectivity index (χ4v) is 0.123. The molecule has 4 nitrogen and oxygen atoms in total. The van der Waals surface area contributed by atoms with E-state index in [0.29, 0.717) is 0 Å². The van der Waals surface area contributed by atoms with E-state index in [1.165, 1.54) is 0 Å². The van der Waals surface area contributed by atoms with Gasteiger partial charge in [-0.25, -0.2) is 4.79 Å². The molecule has 0 aliphatic heterocycles. The second kappa shape index (κ2) is 2.72. The topological polar surface area (TPSA) is 63.6 Å². The highest BCUT2D eigenvalue weighted by atomic mass is 31.1. The first-order valence-electron chi connectivity index (χ1n) is 1.10. The molecule has 1 N–H and O–H groups in total. The maximum Gasteiger partial charge on any atom is 0.510 e. The summed E-state index contributed by atoms with van der Waals surface area (Å²) in [7, 11) is -1.60. The molecule has 6 heavy (non-hydrogen) atoms. The van der Waals surface area contributed by atoms with Crippen LogP contribution in [0.3, 0.4) is 0 Å². The fourth-order valence-electron chi connectivity index (χ4n) is 0.0412. The Morgan fingerprint density at radius 3 is 2.33 bits per heavy atom. The molecule has 0 rings (SSSR count). The SMILES string of the molecule is O=[PH2]OC(=O)O. The molecule has 0 aliphatic rings. The van der Waals surface area contributed by atoms with Gasteiger partial charge in [0.05, 0.1) is 0 Å². The Kier molecular flexibility index (Phi) is 2.50. The summed E-state index contributed by atoms with van der Waals surface area (Å²) >= 11 is 0. The summed E-state index contributed by atoms with van der Waals surface area (Å²) in [4.78, 5) is 9.20. The van der Waals surface area contributed by atoms with E-state index < -0.39 is 14.8 Å². The van der Waals surface area contributed by atoms with Crippen molar-refractivity contribution in [2.75, 3.05) is 0 Å². The maximum absolute atomic E-state index is 9.22. The number of hydrogen-bond donors (Lipinski definition) is 1. The minimum atomic E-state index is -1.60. The highest BCUT2D eigenvalue weighted by Crippen LogP contribution is 1.91. The van der Waals surface area contributed by atoms with E-state index in [0.717, 1.165) is 0 Å². The highest BCUT2D eigenvalue weighted by Gasteiger charge is 1.85. The average Bonchev–Trinajstić information content (AvgIpc) is 1.35. The van der Waals surface area contributed by atoms with Gasteiger partial charge in [0, 0.05) is 0 Å². The third kappa shape index (κ3) is 3.50. The molecular formula is CH3O4P. The molecule has 0 bridgehead atoms. The van der Waals surface area contributed by atoms with E-state index in [4.69, 9.17) is 5.11 Å². The lowest BCUT2D eigenvalue weighted by Crippen LogP contribution is -1.86. The molecule has 0 aromatic heterocycles. The van der Waals surface area contributed by atoms with Gasteiger partial charge in [-0.15, -0.1) is 0 Å². The Bertz CT molecular complexity index is 67.9. The zero-order chi connectivity index (χ0) is 4.99. The van der Waals surface area contributed by atoms with Crippen LogP contribution in [0.5, 0.6) is 0 Å². The summed E-state index contributed by atoms with van der Waals surface area (Å²) in [5.41, 5.74) is 0. The molecule has 1 unspecified atom stereocenters. The normalized spacial score (nSPS) is 9.33. The summed E-state index contributed by atoms with van der Waals surface area (Å²) in [6.45, 7) is 0. The summed E-state index contributed by atoms with van der Waals surface area (Å²) in [6.07, 6.45) is -1.49. The lowest BCUT2D eigenvalue weighted by molar-refractivity contribution is 0.149. The molecule has 0 aromatic carbocycles. The van der Waals surface area contributed by atoms with Crippen LogP contribution in [0, 0.1) is 0 Å². The van der Waals surface area contributed by atoms with Gasteiger partial charge in [0.1, 0.15) is 0 Å². The molecule has 0 saturated carbocycles. The van der Waals surface area contributed by atoms with Gasteiger partial charge in [0.25, 0.3) is 0 Å². The van der Waals surface area contributed by atoms with E-state index in [-0.39, 0.29) is 0 Å². The largest absolute Gasteiger partial charge is 0.510 e. The van der Waals surface area contributed by atoms with Gasteiger partial charge in [-0.2, -0.15) is 0 Å². The van der Waals surface area contributed by atoms with Crippen molar-refractivity contribution < 1.29 is 19.0 Å². The van der Waals surface area contributed by atoms with Crippen molar-refractivity contribution >= 4 is 14.8 Å². The molecule has 0 aliphatic carbocycles. The molecule has 36 valence electrons. The summed E-state index contributed by atoms with van der Waals surface area (Å²) in [5, 5.41) is 7.51. The summed E-state index contributed by atoms with van der Waals surface area (Å²) in [5.74, 6) is 0. The van der Waals surface area contributed by atoms with E-state index in [2.05, 4.69) is 4.52 Å². The van der Waals surface area contributed by atoms with E-state index >= 15 is 0 Å². The first kappa shape index (κ1) is 5.50. The van der Waals surface area contributed by atoms with Crippen LogP contribution in [0.4, 0.5) is 4.79 Å². The van der Waals surface area contributed by atoms with Gasteiger partial charge in [0.15, 0.2) is 0 Å². The van der Waals surface area contributed by atoms with Crippen molar-refractivity contribution in [2.45, 2.75) is 0 Å². The first-order valence-corrected chi connectivity index (χ1v) is 2.05. The second-order valence-electron chi connectivity index (χ2n) is 0.480. The van der Waals surface area contributed by atoms with Gasteiger partial charge in [0.2, 0.25) is 8.69 Å². The smallest absolute Gasteiger partial charge is 0.450 e. The monoisotopic (exact) mass is 110 g/mol. The standard InChI is InChI=1S/CH3O4P/c2-1(3)5-6-4/h6H2,(H,2,3). The van der Waals surface area contributed by atoms with Crippen LogP contribution < -0.4 is 0 Å². The van der Waals surface area contributed by atoms with Gasteiger partial charge in [-0.3, -0.25) is 4.57 Å². The molecule has 5 heteroatoms. The molecule has 0 fully saturated rings. The van der Waals surface area contributed by atoms with Crippen LogP contribution in [0.25, 0.3) is 0 Å². The van der Waals surface area contributed by atoms with Crippen molar-refractivity contribution in [1.82, 2.24) is 0 Å². The Morgan fingerprint density at radius 2 is 2.33 bits per heavy atom. The van der Waals surface area contributed by atoms with Gasteiger partial charge in [-0.05, 0) is 0 Å². The van der Waals surface area contributed by atoms with Crippen molar-refractivity contribution in [2.24, 2.45) is 0 Å². The van der Waals surface area contributed by atoms with Crippen LogP contribution >= 0.6 is 8.69 Å².